The summed E-state index contributed by atoms with van der Waals surface area (Å²) in [5.41, 5.74) is 0.916. The first-order valence-electron chi connectivity index (χ1n) is 10.2. The maximum atomic E-state index is 13.3. The zero-order valence-corrected chi connectivity index (χ0v) is 18.3. The number of benzene rings is 1. The number of hydrogen-bond acceptors (Lipinski definition) is 6. The van der Waals surface area contributed by atoms with Crippen molar-refractivity contribution in [3.63, 3.8) is 0 Å². The lowest BCUT2D eigenvalue weighted by Crippen LogP contribution is -2.53. The van der Waals surface area contributed by atoms with Gasteiger partial charge in [-0.05, 0) is 35.6 Å². The average Bonchev–Trinajstić information content (AvgIpc) is 3.39. The fourth-order valence-electron chi connectivity index (χ4n) is 4.19. The van der Waals surface area contributed by atoms with Crippen LogP contribution in [-0.4, -0.2) is 74.4 Å². The number of rotatable bonds is 6. The van der Waals surface area contributed by atoms with Crippen molar-refractivity contribution < 1.29 is 17.6 Å². The van der Waals surface area contributed by atoms with E-state index in [0.717, 1.165) is 10.4 Å². The minimum Gasteiger partial charge on any atom is -0.339 e. The molecule has 1 N–H and O–H groups in total. The van der Waals surface area contributed by atoms with E-state index in [2.05, 4.69) is 10.2 Å². The molecule has 9 heteroatoms. The van der Waals surface area contributed by atoms with Gasteiger partial charge in [0.15, 0.2) is 9.84 Å². The van der Waals surface area contributed by atoms with E-state index in [1.54, 1.807) is 23.5 Å². The first-order valence-corrected chi connectivity index (χ1v) is 12.9. The standard InChI is InChI=1S/C21H26FN3O3S2/c22-17-5-3-16(4-6-17)21(19-2-1-12-29-19)23-14-20(26)25-10-8-24(9-11-25)18-7-13-30(27,28)15-18/h1-6,12,18,21,23H,7-11,13-15H2. The van der Waals surface area contributed by atoms with Crippen LogP contribution in [0.4, 0.5) is 4.39 Å². The van der Waals surface area contributed by atoms with Gasteiger partial charge in [-0.15, -0.1) is 11.3 Å². The molecule has 2 atom stereocenters. The Morgan fingerprint density at radius 1 is 1.17 bits per heavy atom. The third kappa shape index (κ3) is 5.08. The molecule has 2 unspecified atom stereocenters. The predicted molar refractivity (Wildman–Crippen MR) is 116 cm³/mol. The van der Waals surface area contributed by atoms with Crippen LogP contribution in [0.2, 0.25) is 0 Å². The van der Waals surface area contributed by atoms with Gasteiger partial charge in [0, 0.05) is 37.1 Å². The molecule has 2 aliphatic rings. The van der Waals surface area contributed by atoms with Crippen LogP contribution in [0.25, 0.3) is 0 Å². The van der Waals surface area contributed by atoms with E-state index in [4.69, 9.17) is 0 Å². The van der Waals surface area contributed by atoms with Crippen LogP contribution in [0, 0.1) is 5.82 Å². The minimum atomic E-state index is -2.90. The highest BCUT2D eigenvalue weighted by Gasteiger charge is 2.34. The van der Waals surface area contributed by atoms with Crippen LogP contribution in [0.15, 0.2) is 41.8 Å². The Kier molecular flexibility index (Phi) is 6.52. The van der Waals surface area contributed by atoms with Gasteiger partial charge >= 0.3 is 0 Å². The predicted octanol–water partition coefficient (Wildman–Crippen LogP) is 1.90. The number of carbonyl (C=O) groups is 1. The van der Waals surface area contributed by atoms with Gasteiger partial charge in [0.1, 0.15) is 5.82 Å². The first kappa shape index (κ1) is 21.4. The second-order valence-electron chi connectivity index (χ2n) is 7.85. The van der Waals surface area contributed by atoms with Crippen molar-refractivity contribution in [1.29, 1.82) is 0 Å². The maximum absolute atomic E-state index is 13.3. The molecule has 0 radical (unpaired) electrons. The van der Waals surface area contributed by atoms with Crippen molar-refractivity contribution in [3.05, 3.63) is 58.0 Å². The summed E-state index contributed by atoms with van der Waals surface area (Å²) < 4.78 is 36.8. The van der Waals surface area contributed by atoms with Gasteiger partial charge in [0.05, 0.1) is 24.1 Å². The first-order chi connectivity index (χ1) is 14.4. The van der Waals surface area contributed by atoms with Crippen molar-refractivity contribution >= 4 is 27.1 Å². The summed E-state index contributed by atoms with van der Waals surface area (Å²) in [6, 6.07) is 10.2. The molecule has 0 spiro atoms. The number of nitrogens with one attached hydrogen (secondary N) is 1. The lowest BCUT2D eigenvalue weighted by atomic mass is 10.1. The van der Waals surface area contributed by atoms with Gasteiger partial charge in [-0.25, -0.2) is 12.8 Å². The van der Waals surface area contributed by atoms with Crippen molar-refractivity contribution in [2.75, 3.05) is 44.2 Å². The molecule has 2 aliphatic heterocycles. The number of amides is 1. The molecule has 1 aromatic heterocycles. The van der Waals surface area contributed by atoms with Crippen LogP contribution < -0.4 is 5.32 Å². The number of sulfone groups is 1. The van der Waals surface area contributed by atoms with Crippen molar-refractivity contribution in [2.24, 2.45) is 0 Å². The molecule has 30 heavy (non-hydrogen) atoms. The smallest absolute Gasteiger partial charge is 0.236 e. The quantitative estimate of drug-likeness (QED) is 0.727. The van der Waals surface area contributed by atoms with E-state index in [1.165, 1.54) is 12.1 Å². The fraction of sp³-hybridized carbons (Fsp3) is 0.476. The monoisotopic (exact) mass is 451 g/mol. The van der Waals surface area contributed by atoms with Gasteiger partial charge in [0.25, 0.3) is 0 Å². The van der Waals surface area contributed by atoms with Gasteiger partial charge in [0.2, 0.25) is 5.91 Å². The summed E-state index contributed by atoms with van der Waals surface area (Å²) in [6.07, 6.45) is 0.692. The summed E-state index contributed by atoms with van der Waals surface area (Å²) in [6.45, 7) is 2.82. The summed E-state index contributed by atoms with van der Waals surface area (Å²) in [5.74, 6) is 0.252. The van der Waals surface area contributed by atoms with Crippen LogP contribution in [0.5, 0.6) is 0 Å². The van der Waals surface area contributed by atoms with Gasteiger partial charge < -0.3 is 4.90 Å². The summed E-state index contributed by atoms with van der Waals surface area (Å²) in [7, 11) is -2.90. The number of hydrogen-bond donors (Lipinski definition) is 1. The normalized spacial score (nSPS) is 22.8. The van der Waals surface area contributed by atoms with Crippen molar-refractivity contribution in [2.45, 2.75) is 18.5 Å². The Bertz CT molecular complexity index is 956. The van der Waals surface area contributed by atoms with E-state index in [9.17, 15) is 17.6 Å². The number of carbonyl (C=O) groups excluding carboxylic acids is 1. The van der Waals surface area contributed by atoms with E-state index in [0.29, 0.717) is 32.6 Å². The van der Waals surface area contributed by atoms with E-state index < -0.39 is 9.84 Å². The zero-order valence-electron chi connectivity index (χ0n) is 16.7. The molecule has 4 rings (SSSR count). The largest absolute Gasteiger partial charge is 0.339 e. The second-order valence-corrected chi connectivity index (χ2v) is 11.1. The van der Waals surface area contributed by atoms with Gasteiger partial charge in [-0.2, -0.15) is 0 Å². The van der Waals surface area contributed by atoms with E-state index >= 15 is 0 Å². The Hall–Kier alpha value is -1.81. The van der Waals surface area contributed by atoms with Crippen molar-refractivity contribution in [1.82, 2.24) is 15.1 Å². The topological polar surface area (TPSA) is 69.7 Å². The molecular formula is C21H26FN3O3S2. The van der Waals surface area contributed by atoms with Crippen LogP contribution >= 0.6 is 11.3 Å². The third-order valence-electron chi connectivity index (χ3n) is 5.88. The molecule has 0 saturated carbocycles. The molecule has 162 valence electrons. The SMILES string of the molecule is O=C(CNC(c1ccc(F)cc1)c1cccs1)N1CCN(C2CCS(=O)(=O)C2)CC1. The van der Waals surface area contributed by atoms with Crippen LogP contribution in [0.1, 0.15) is 22.9 Å². The van der Waals surface area contributed by atoms with Crippen LogP contribution in [0.3, 0.4) is 0 Å². The average molecular weight is 452 g/mol. The van der Waals surface area contributed by atoms with Gasteiger partial charge in [-0.3, -0.25) is 15.0 Å². The highest BCUT2D eigenvalue weighted by atomic mass is 32.2. The molecule has 6 nitrogen and oxygen atoms in total. The summed E-state index contributed by atoms with van der Waals surface area (Å²) in [5, 5.41) is 5.32. The Morgan fingerprint density at radius 3 is 2.50 bits per heavy atom. The highest BCUT2D eigenvalue weighted by Crippen LogP contribution is 2.26. The number of nitrogens with zero attached hydrogens (tertiary/aromatic N) is 2. The van der Waals surface area contributed by atoms with E-state index in [1.807, 2.05) is 22.4 Å². The minimum absolute atomic E-state index is 0.0253. The highest BCUT2D eigenvalue weighted by molar-refractivity contribution is 7.91. The summed E-state index contributed by atoms with van der Waals surface area (Å²) in [4.78, 5) is 17.9. The molecule has 2 aromatic rings. The molecule has 2 saturated heterocycles. The number of thiophene rings is 1. The molecule has 1 aromatic carbocycles. The molecular weight excluding hydrogens is 425 g/mol. The maximum Gasteiger partial charge on any atom is 0.236 e. The molecule has 0 aliphatic carbocycles. The van der Waals surface area contributed by atoms with E-state index in [-0.39, 0.29) is 41.9 Å². The third-order valence-corrected chi connectivity index (χ3v) is 8.57. The molecule has 1 amide bonds. The Balaban J connectivity index is 1.32. The lowest BCUT2D eigenvalue weighted by molar-refractivity contribution is -0.132. The molecule has 0 bridgehead atoms. The van der Waals surface area contributed by atoms with Crippen molar-refractivity contribution in [3.8, 4) is 0 Å². The fourth-order valence-corrected chi connectivity index (χ4v) is 6.78. The zero-order chi connectivity index (χ0) is 21.1. The number of piperazine rings is 1. The Morgan fingerprint density at radius 2 is 1.90 bits per heavy atom. The molecule has 3 heterocycles. The Labute approximate surface area is 180 Å². The van der Waals surface area contributed by atoms with Crippen LogP contribution in [-0.2, 0) is 14.6 Å². The lowest BCUT2D eigenvalue weighted by Gasteiger charge is -2.37. The second kappa shape index (κ2) is 9.13. The number of halogens is 1. The van der Waals surface area contributed by atoms with Gasteiger partial charge in [-0.1, -0.05) is 18.2 Å². The summed E-state index contributed by atoms with van der Waals surface area (Å²) >= 11 is 1.59. The molecule has 2 fully saturated rings.